The highest BCUT2D eigenvalue weighted by molar-refractivity contribution is 6.31. The number of hydrogen-bond donors (Lipinski definition) is 1. The molecule has 4 aromatic rings. The molecule has 0 aromatic heterocycles. The van der Waals surface area contributed by atoms with E-state index in [9.17, 15) is 14.7 Å². The van der Waals surface area contributed by atoms with E-state index in [1.54, 1.807) is 18.2 Å². The highest BCUT2D eigenvalue weighted by Gasteiger charge is 2.42. The predicted octanol–water partition coefficient (Wildman–Crippen LogP) is 7.02. The first kappa shape index (κ1) is 24.6. The molecular formula is C31H26ClNO4. The van der Waals surface area contributed by atoms with Crippen LogP contribution in [-0.2, 0) is 11.4 Å². The topological polar surface area (TPSA) is 66.8 Å². The first-order valence-electron chi connectivity index (χ1n) is 12.2. The first-order chi connectivity index (χ1) is 18.0. The largest absolute Gasteiger partial charge is 0.488 e. The highest BCUT2D eigenvalue weighted by atomic mass is 35.5. The number of ether oxygens (including phenoxy) is 1. The van der Waals surface area contributed by atoms with Crippen molar-refractivity contribution in [2.24, 2.45) is 0 Å². The Balaban J connectivity index is 1.52. The van der Waals surface area contributed by atoms with Crippen molar-refractivity contribution < 1.29 is 19.4 Å². The van der Waals surface area contributed by atoms with Crippen LogP contribution in [0.3, 0.4) is 0 Å². The van der Waals surface area contributed by atoms with Crippen LogP contribution < -0.4 is 4.74 Å². The number of carboxylic acids is 1. The molecule has 5 rings (SSSR count). The third-order valence-electron chi connectivity index (χ3n) is 6.72. The van der Waals surface area contributed by atoms with Crippen LogP contribution in [0.5, 0.6) is 5.75 Å². The number of carbonyl (C=O) groups is 2. The minimum atomic E-state index is -1.02. The molecule has 37 heavy (non-hydrogen) atoms. The minimum Gasteiger partial charge on any atom is -0.488 e. The zero-order chi connectivity index (χ0) is 25.8. The van der Waals surface area contributed by atoms with Crippen molar-refractivity contribution >= 4 is 23.5 Å². The lowest BCUT2D eigenvalue weighted by Gasteiger charge is -2.29. The van der Waals surface area contributed by atoms with E-state index >= 15 is 0 Å². The molecular weight excluding hydrogens is 486 g/mol. The van der Waals surface area contributed by atoms with Crippen molar-refractivity contribution in [2.45, 2.75) is 31.5 Å². The van der Waals surface area contributed by atoms with Gasteiger partial charge in [-0.1, -0.05) is 90.5 Å². The lowest BCUT2D eigenvalue weighted by molar-refractivity contribution is -0.141. The lowest BCUT2D eigenvalue weighted by Crippen LogP contribution is -2.41. The maximum absolute atomic E-state index is 13.9. The second-order valence-corrected chi connectivity index (χ2v) is 9.44. The van der Waals surface area contributed by atoms with Gasteiger partial charge in [-0.05, 0) is 53.8 Å². The van der Waals surface area contributed by atoms with Crippen LogP contribution in [0.1, 0.15) is 40.4 Å². The normalized spacial score (nSPS) is 16.9. The summed E-state index contributed by atoms with van der Waals surface area (Å²) in [6.45, 7) is 0.335. The third kappa shape index (κ3) is 5.23. The SMILES string of the molecule is O=C(O)C1CCC(c2ccccc2Cl)N1C(=O)c1ccc(-c2ccccc2)c(OCc2ccccc2)c1. The van der Waals surface area contributed by atoms with Gasteiger partial charge in [0.15, 0.2) is 0 Å². The molecule has 2 unspecified atom stereocenters. The van der Waals surface area contributed by atoms with Crippen LogP contribution in [0.4, 0.5) is 0 Å². The average Bonchev–Trinajstić information content (AvgIpc) is 3.38. The summed E-state index contributed by atoms with van der Waals surface area (Å²) in [5, 5.41) is 10.4. The van der Waals surface area contributed by atoms with Gasteiger partial charge in [0.25, 0.3) is 5.91 Å². The Kier molecular flexibility index (Phi) is 7.24. The van der Waals surface area contributed by atoms with Gasteiger partial charge < -0.3 is 14.7 Å². The monoisotopic (exact) mass is 511 g/mol. The fourth-order valence-electron chi connectivity index (χ4n) is 4.90. The number of halogens is 1. The molecule has 1 heterocycles. The Morgan fingerprint density at radius 2 is 1.54 bits per heavy atom. The van der Waals surface area contributed by atoms with Crippen molar-refractivity contribution in [1.82, 2.24) is 4.90 Å². The number of likely N-dealkylation sites (tertiary alicyclic amines) is 1. The molecule has 1 amide bonds. The van der Waals surface area contributed by atoms with E-state index in [0.717, 1.165) is 22.3 Å². The molecule has 2 atom stereocenters. The first-order valence-corrected chi connectivity index (χ1v) is 12.6. The molecule has 0 spiro atoms. The zero-order valence-electron chi connectivity index (χ0n) is 20.1. The molecule has 1 aliphatic heterocycles. The number of benzene rings is 4. The maximum atomic E-state index is 13.9. The molecule has 186 valence electrons. The Bertz CT molecular complexity index is 1410. The van der Waals surface area contributed by atoms with Gasteiger partial charge in [-0.3, -0.25) is 4.79 Å². The van der Waals surface area contributed by atoms with Crippen molar-refractivity contribution in [1.29, 1.82) is 0 Å². The lowest BCUT2D eigenvalue weighted by atomic mass is 10.0. The summed E-state index contributed by atoms with van der Waals surface area (Å²) in [6, 6.07) is 30.9. The van der Waals surface area contributed by atoms with E-state index in [-0.39, 0.29) is 5.91 Å². The minimum absolute atomic E-state index is 0.335. The molecule has 6 heteroatoms. The van der Waals surface area contributed by atoms with Crippen LogP contribution in [-0.4, -0.2) is 27.9 Å². The van der Waals surface area contributed by atoms with Crippen molar-refractivity contribution in [3.8, 4) is 16.9 Å². The summed E-state index contributed by atoms with van der Waals surface area (Å²) in [7, 11) is 0. The number of hydrogen-bond acceptors (Lipinski definition) is 3. The molecule has 4 aromatic carbocycles. The van der Waals surface area contributed by atoms with Crippen LogP contribution in [0.25, 0.3) is 11.1 Å². The number of nitrogens with zero attached hydrogens (tertiary/aromatic N) is 1. The standard InChI is InChI=1S/C31H26ClNO4/c32-26-14-8-7-13-25(26)27-17-18-28(31(35)36)33(27)30(34)23-15-16-24(22-11-5-2-6-12-22)29(19-23)37-20-21-9-3-1-4-10-21/h1-16,19,27-28H,17-18,20H2,(H,35,36). The smallest absolute Gasteiger partial charge is 0.326 e. The summed E-state index contributed by atoms with van der Waals surface area (Å²) in [4.78, 5) is 27.5. The number of carbonyl (C=O) groups excluding carboxylic acids is 1. The number of carboxylic acid groups (broad SMARTS) is 1. The molecule has 0 bridgehead atoms. The number of amides is 1. The number of aliphatic carboxylic acids is 1. The fourth-order valence-corrected chi connectivity index (χ4v) is 5.16. The fraction of sp³-hybridized carbons (Fsp3) is 0.161. The second-order valence-electron chi connectivity index (χ2n) is 9.03. The Labute approximate surface area is 220 Å². The molecule has 1 fully saturated rings. The Hall–Kier alpha value is -4.09. The number of rotatable bonds is 7. The van der Waals surface area contributed by atoms with E-state index in [1.807, 2.05) is 84.9 Å². The molecule has 5 nitrogen and oxygen atoms in total. The third-order valence-corrected chi connectivity index (χ3v) is 7.06. The predicted molar refractivity (Wildman–Crippen MR) is 144 cm³/mol. The van der Waals surface area contributed by atoms with E-state index in [4.69, 9.17) is 16.3 Å². The van der Waals surface area contributed by atoms with Crippen LogP contribution in [0.15, 0.2) is 103 Å². The van der Waals surface area contributed by atoms with Crippen LogP contribution in [0, 0.1) is 0 Å². The van der Waals surface area contributed by atoms with Gasteiger partial charge in [0.1, 0.15) is 18.4 Å². The average molecular weight is 512 g/mol. The summed E-state index contributed by atoms with van der Waals surface area (Å²) >= 11 is 6.46. The van der Waals surface area contributed by atoms with Gasteiger partial charge in [-0.2, -0.15) is 0 Å². The summed E-state index contributed by atoms with van der Waals surface area (Å²) in [5.74, 6) is -0.829. The van der Waals surface area contributed by atoms with Gasteiger partial charge >= 0.3 is 5.97 Å². The van der Waals surface area contributed by atoms with Crippen molar-refractivity contribution in [3.63, 3.8) is 0 Å². The summed E-state index contributed by atoms with van der Waals surface area (Å²) in [6.07, 6.45) is 0.877. The molecule has 1 aliphatic rings. The highest BCUT2D eigenvalue weighted by Crippen LogP contribution is 2.41. The Morgan fingerprint density at radius 3 is 2.24 bits per heavy atom. The molecule has 0 aliphatic carbocycles. The second kappa shape index (κ2) is 10.9. The van der Waals surface area contributed by atoms with Crippen molar-refractivity contribution in [2.75, 3.05) is 0 Å². The molecule has 0 saturated carbocycles. The maximum Gasteiger partial charge on any atom is 0.326 e. The molecule has 0 radical (unpaired) electrons. The van der Waals surface area contributed by atoms with Gasteiger partial charge in [0, 0.05) is 16.1 Å². The van der Waals surface area contributed by atoms with E-state index in [1.165, 1.54) is 4.90 Å². The van der Waals surface area contributed by atoms with E-state index in [0.29, 0.717) is 35.8 Å². The van der Waals surface area contributed by atoms with Gasteiger partial charge in [-0.25, -0.2) is 4.79 Å². The van der Waals surface area contributed by atoms with Gasteiger partial charge in [-0.15, -0.1) is 0 Å². The van der Waals surface area contributed by atoms with Crippen molar-refractivity contribution in [3.05, 3.63) is 125 Å². The van der Waals surface area contributed by atoms with Crippen LogP contribution in [0.2, 0.25) is 5.02 Å². The van der Waals surface area contributed by atoms with E-state index < -0.39 is 18.1 Å². The van der Waals surface area contributed by atoms with Gasteiger partial charge in [0.2, 0.25) is 0 Å². The summed E-state index contributed by atoms with van der Waals surface area (Å²) < 4.78 is 6.23. The quantitative estimate of drug-likeness (QED) is 0.289. The van der Waals surface area contributed by atoms with E-state index in [2.05, 4.69) is 0 Å². The molecule has 1 saturated heterocycles. The van der Waals surface area contributed by atoms with Crippen LogP contribution >= 0.6 is 11.6 Å². The Morgan fingerprint density at radius 1 is 0.865 bits per heavy atom. The summed E-state index contributed by atoms with van der Waals surface area (Å²) in [5.41, 5.74) is 3.94. The molecule has 1 N–H and O–H groups in total. The zero-order valence-corrected chi connectivity index (χ0v) is 20.8. The van der Waals surface area contributed by atoms with Gasteiger partial charge in [0.05, 0.1) is 6.04 Å².